The van der Waals surface area contributed by atoms with E-state index in [-0.39, 0.29) is 5.22 Å². The highest BCUT2D eigenvalue weighted by atomic mass is 28.2. The Morgan fingerprint density at radius 2 is 1.91 bits per heavy atom. The van der Waals surface area contributed by atoms with Crippen LogP contribution in [-0.4, -0.2) is 28.2 Å². The molecule has 0 aliphatic rings. The van der Waals surface area contributed by atoms with E-state index in [0.29, 0.717) is 0 Å². The van der Waals surface area contributed by atoms with Crippen LogP contribution in [0.15, 0.2) is 0 Å². The topological polar surface area (TPSA) is 18.5 Å². The van der Waals surface area contributed by atoms with Crippen LogP contribution in [0.5, 0.6) is 0 Å². The molecule has 0 rings (SSSR count). The molecule has 0 N–H and O–H groups in total. The second-order valence-corrected chi connectivity index (χ2v) is 5.65. The summed E-state index contributed by atoms with van der Waals surface area (Å²) in [5.74, 6) is 0. The first-order valence-corrected chi connectivity index (χ1v) is 5.62. The van der Waals surface area contributed by atoms with E-state index in [0.717, 1.165) is 19.6 Å². The maximum atomic E-state index is 5.51. The Morgan fingerprint density at radius 1 is 1.27 bits per heavy atom. The first-order valence-electron chi connectivity index (χ1n) is 4.34. The molecule has 0 atom stereocenters. The summed E-state index contributed by atoms with van der Waals surface area (Å²) < 4.78 is 11.0. The van der Waals surface area contributed by atoms with Gasteiger partial charge in [-0.25, -0.2) is 0 Å². The van der Waals surface area contributed by atoms with Crippen molar-refractivity contribution in [2.24, 2.45) is 0 Å². The zero-order valence-corrected chi connectivity index (χ0v) is 9.56. The standard InChI is InChI=1S/C8H20O2Si/c1-5-7-10-11-8(3,4)9-6-2/h5-7,11H2,1-4H3. The lowest BCUT2D eigenvalue weighted by Gasteiger charge is -2.23. The first kappa shape index (κ1) is 11.1. The molecule has 0 spiro atoms. The summed E-state index contributed by atoms with van der Waals surface area (Å²) in [4.78, 5) is 0. The molecule has 11 heavy (non-hydrogen) atoms. The van der Waals surface area contributed by atoms with Crippen LogP contribution >= 0.6 is 0 Å². The Balaban J connectivity index is 3.38. The van der Waals surface area contributed by atoms with Crippen LogP contribution in [0.3, 0.4) is 0 Å². The van der Waals surface area contributed by atoms with Crippen molar-refractivity contribution in [1.82, 2.24) is 0 Å². The molecule has 3 heteroatoms. The third-order valence-corrected chi connectivity index (χ3v) is 2.73. The predicted octanol–water partition coefficient (Wildman–Crippen LogP) is 1.27. The van der Waals surface area contributed by atoms with Crippen molar-refractivity contribution in [2.45, 2.75) is 39.3 Å². The molecule has 0 aliphatic carbocycles. The summed E-state index contributed by atoms with van der Waals surface area (Å²) in [7, 11) is -0.505. The van der Waals surface area contributed by atoms with Gasteiger partial charge in [0.1, 0.15) is 0 Å². The van der Waals surface area contributed by atoms with E-state index in [9.17, 15) is 0 Å². The molecule has 0 radical (unpaired) electrons. The average molecular weight is 176 g/mol. The van der Waals surface area contributed by atoms with Crippen molar-refractivity contribution in [3.63, 3.8) is 0 Å². The second kappa shape index (κ2) is 5.74. The van der Waals surface area contributed by atoms with E-state index in [1.807, 2.05) is 6.92 Å². The van der Waals surface area contributed by atoms with Gasteiger partial charge in [-0.05, 0) is 27.2 Å². The van der Waals surface area contributed by atoms with Crippen LogP contribution in [0.2, 0.25) is 0 Å². The SMILES string of the molecule is CCCO[SiH2]C(C)(C)OCC. The highest BCUT2D eigenvalue weighted by molar-refractivity contribution is 6.31. The monoisotopic (exact) mass is 176 g/mol. The van der Waals surface area contributed by atoms with E-state index in [4.69, 9.17) is 9.16 Å². The summed E-state index contributed by atoms with van der Waals surface area (Å²) in [5.41, 5.74) is 0. The quantitative estimate of drug-likeness (QED) is 0.448. The zero-order chi connectivity index (χ0) is 8.74. The molecule has 0 amide bonds. The van der Waals surface area contributed by atoms with Gasteiger partial charge in [-0.15, -0.1) is 0 Å². The van der Waals surface area contributed by atoms with Crippen molar-refractivity contribution in [3.05, 3.63) is 0 Å². The minimum Gasteiger partial charge on any atom is -0.421 e. The maximum Gasteiger partial charge on any atom is 0.193 e. The number of hydrogen-bond acceptors (Lipinski definition) is 2. The van der Waals surface area contributed by atoms with Crippen molar-refractivity contribution in [1.29, 1.82) is 0 Å². The van der Waals surface area contributed by atoms with Gasteiger partial charge in [-0.1, -0.05) is 6.92 Å². The average Bonchev–Trinajstić information content (AvgIpc) is 1.87. The Kier molecular flexibility index (Phi) is 5.82. The first-order chi connectivity index (χ1) is 5.12. The molecule has 0 aromatic carbocycles. The lowest BCUT2D eigenvalue weighted by Crippen LogP contribution is -2.34. The summed E-state index contributed by atoms with van der Waals surface area (Å²) in [6.45, 7) is 10.0. The molecule has 0 saturated carbocycles. The van der Waals surface area contributed by atoms with Crippen molar-refractivity contribution < 1.29 is 9.16 Å². The fourth-order valence-corrected chi connectivity index (χ4v) is 2.11. The van der Waals surface area contributed by atoms with E-state index in [2.05, 4.69) is 20.8 Å². The lowest BCUT2D eigenvalue weighted by molar-refractivity contribution is 0.0401. The fraction of sp³-hybridized carbons (Fsp3) is 1.00. The van der Waals surface area contributed by atoms with E-state index < -0.39 is 9.76 Å². The molecule has 0 aliphatic heterocycles. The van der Waals surface area contributed by atoms with Crippen LogP contribution in [-0.2, 0) is 9.16 Å². The normalized spacial score (nSPS) is 13.1. The van der Waals surface area contributed by atoms with Gasteiger partial charge in [0.05, 0.1) is 5.22 Å². The van der Waals surface area contributed by atoms with E-state index in [1.54, 1.807) is 0 Å². The van der Waals surface area contributed by atoms with E-state index in [1.165, 1.54) is 0 Å². The molecule has 0 saturated heterocycles. The number of ether oxygens (including phenoxy) is 1. The van der Waals surface area contributed by atoms with Crippen LogP contribution in [0.1, 0.15) is 34.1 Å². The van der Waals surface area contributed by atoms with Gasteiger partial charge in [0.25, 0.3) is 0 Å². The minimum atomic E-state index is -0.505. The van der Waals surface area contributed by atoms with Gasteiger partial charge < -0.3 is 9.16 Å². The predicted molar refractivity (Wildman–Crippen MR) is 50.5 cm³/mol. The third-order valence-electron chi connectivity index (χ3n) is 1.33. The molecule has 68 valence electrons. The largest absolute Gasteiger partial charge is 0.421 e. The molecule has 0 heterocycles. The molecular weight excluding hydrogens is 156 g/mol. The lowest BCUT2D eigenvalue weighted by atomic mass is 10.4. The van der Waals surface area contributed by atoms with Crippen molar-refractivity contribution >= 4 is 9.76 Å². The minimum absolute atomic E-state index is 0.0178. The third kappa shape index (κ3) is 6.53. The van der Waals surface area contributed by atoms with E-state index >= 15 is 0 Å². The zero-order valence-electron chi connectivity index (χ0n) is 8.14. The van der Waals surface area contributed by atoms with Gasteiger partial charge in [0.15, 0.2) is 9.76 Å². The van der Waals surface area contributed by atoms with Crippen LogP contribution < -0.4 is 0 Å². The van der Waals surface area contributed by atoms with Gasteiger partial charge in [-0.3, -0.25) is 0 Å². The molecule has 0 aromatic rings. The summed E-state index contributed by atoms with van der Waals surface area (Å²) in [5, 5.41) is 0.0178. The second-order valence-electron chi connectivity index (χ2n) is 3.25. The molecule has 0 unspecified atom stereocenters. The summed E-state index contributed by atoms with van der Waals surface area (Å²) in [6.07, 6.45) is 1.11. The number of rotatable bonds is 6. The Bertz CT molecular complexity index is 94.1. The Hall–Kier alpha value is 0.137. The van der Waals surface area contributed by atoms with Gasteiger partial charge in [-0.2, -0.15) is 0 Å². The number of hydrogen-bond donors (Lipinski definition) is 0. The van der Waals surface area contributed by atoms with Crippen LogP contribution in [0, 0.1) is 0 Å². The van der Waals surface area contributed by atoms with Gasteiger partial charge >= 0.3 is 0 Å². The van der Waals surface area contributed by atoms with Gasteiger partial charge in [0.2, 0.25) is 0 Å². The highest BCUT2D eigenvalue weighted by Gasteiger charge is 2.18. The fourth-order valence-electron chi connectivity index (χ4n) is 0.895. The highest BCUT2D eigenvalue weighted by Crippen LogP contribution is 2.06. The van der Waals surface area contributed by atoms with Crippen LogP contribution in [0.4, 0.5) is 0 Å². The summed E-state index contributed by atoms with van der Waals surface area (Å²) >= 11 is 0. The molecule has 0 bridgehead atoms. The smallest absolute Gasteiger partial charge is 0.193 e. The van der Waals surface area contributed by atoms with Crippen LogP contribution in [0.25, 0.3) is 0 Å². The molecule has 0 aromatic heterocycles. The Morgan fingerprint density at radius 3 is 2.36 bits per heavy atom. The maximum absolute atomic E-state index is 5.51. The molecular formula is C8H20O2Si. The van der Waals surface area contributed by atoms with Gasteiger partial charge in [0, 0.05) is 13.2 Å². The van der Waals surface area contributed by atoms with Crippen molar-refractivity contribution in [3.8, 4) is 0 Å². The Labute approximate surface area is 72.2 Å². The van der Waals surface area contributed by atoms with Crippen molar-refractivity contribution in [2.75, 3.05) is 13.2 Å². The molecule has 0 fully saturated rings. The summed E-state index contributed by atoms with van der Waals surface area (Å²) in [6, 6.07) is 0. The molecule has 2 nitrogen and oxygen atoms in total.